The van der Waals surface area contributed by atoms with E-state index in [0.717, 1.165) is 24.8 Å². The van der Waals surface area contributed by atoms with Crippen molar-refractivity contribution in [1.82, 2.24) is 0 Å². The maximum atomic E-state index is 12.9. The summed E-state index contributed by atoms with van der Waals surface area (Å²) < 4.78 is 44.4. The first-order valence-corrected chi connectivity index (χ1v) is 6.71. The standard InChI is InChI=1S/C15H19F3O/c1-10(2)11-7-12(14-5-3-4-6-19-14)9-13(8-11)15(16,17)18/h7-10,14H,3-6H2,1-2H3. The molecule has 4 heteroatoms. The molecule has 0 amide bonds. The Kier molecular flexibility index (Phi) is 4.19. The van der Waals surface area contributed by atoms with E-state index in [-0.39, 0.29) is 12.0 Å². The van der Waals surface area contributed by atoms with Crippen molar-refractivity contribution in [2.45, 2.75) is 51.3 Å². The molecule has 1 saturated heterocycles. The summed E-state index contributed by atoms with van der Waals surface area (Å²) in [6.07, 6.45) is -1.68. The summed E-state index contributed by atoms with van der Waals surface area (Å²) in [5.41, 5.74) is 0.820. The minimum atomic E-state index is -4.30. The second-order valence-electron chi connectivity index (χ2n) is 5.40. The van der Waals surface area contributed by atoms with Crippen LogP contribution in [0.4, 0.5) is 13.2 Å². The van der Waals surface area contributed by atoms with Crippen molar-refractivity contribution in [3.63, 3.8) is 0 Å². The van der Waals surface area contributed by atoms with Gasteiger partial charge in [-0.25, -0.2) is 0 Å². The molecule has 0 N–H and O–H groups in total. The normalized spacial score (nSPS) is 20.8. The molecular formula is C15H19F3O. The number of alkyl halides is 3. The van der Waals surface area contributed by atoms with Crippen LogP contribution < -0.4 is 0 Å². The third kappa shape index (κ3) is 3.50. The molecular weight excluding hydrogens is 253 g/mol. The second kappa shape index (κ2) is 5.53. The van der Waals surface area contributed by atoms with Gasteiger partial charge in [-0.1, -0.05) is 19.9 Å². The van der Waals surface area contributed by atoms with Crippen LogP contribution >= 0.6 is 0 Å². The van der Waals surface area contributed by atoms with E-state index in [9.17, 15) is 13.2 Å². The molecule has 1 aromatic rings. The molecule has 0 radical (unpaired) electrons. The number of rotatable bonds is 2. The first-order chi connectivity index (χ1) is 8.88. The van der Waals surface area contributed by atoms with Crippen molar-refractivity contribution in [2.24, 2.45) is 0 Å². The summed E-state index contributed by atoms with van der Waals surface area (Å²) >= 11 is 0. The topological polar surface area (TPSA) is 9.23 Å². The zero-order valence-electron chi connectivity index (χ0n) is 11.3. The molecule has 0 aromatic heterocycles. The molecule has 0 bridgehead atoms. The molecule has 1 aliphatic rings. The van der Waals surface area contributed by atoms with Crippen LogP contribution in [0.1, 0.15) is 61.8 Å². The van der Waals surface area contributed by atoms with E-state index in [1.165, 1.54) is 12.1 Å². The zero-order valence-corrected chi connectivity index (χ0v) is 11.3. The lowest BCUT2D eigenvalue weighted by Crippen LogP contribution is -2.14. The highest BCUT2D eigenvalue weighted by Crippen LogP contribution is 2.36. The van der Waals surface area contributed by atoms with Crippen molar-refractivity contribution in [1.29, 1.82) is 0 Å². The second-order valence-corrected chi connectivity index (χ2v) is 5.40. The molecule has 1 unspecified atom stereocenters. The maximum absolute atomic E-state index is 12.9. The van der Waals surface area contributed by atoms with Crippen LogP contribution in [-0.2, 0) is 10.9 Å². The van der Waals surface area contributed by atoms with Gasteiger partial charge in [0.15, 0.2) is 0 Å². The largest absolute Gasteiger partial charge is 0.416 e. The number of hydrogen-bond donors (Lipinski definition) is 0. The fourth-order valence-electron chi connectivity index (χ4n) is 2.36. The minimum absolute atomic E-state index is 0.0737. The first-order valence-electron chi connectivity index (χ1n) is 6.71. The predicted molar refractivity (Wildman–Crippen MR) is 68.1 cm³/mol. The van der Waals surface area contributed by atoms with E-state index in [2.05, 4.69) is 0 Å². The van der Waals surface area contributed by atoms with Crippen LogP contribution in [0, 0.1) is 0 Å². The molecule has 1 heterocycles. The Labute approximate surface area is 111 Å². The molecule has 1 nitrogen and oxygen atoms in total. The van der Waals surface area contributed by atoms with Gasteiger partial charge in [0.1, 0.15) is 0 Å². The average Bonchev–Trinajstić information content (AvgIpc) is 2.38. The molecule has 2 rings (SSSR count). The van der Waals surface area contributed by atoms with Crippen LogP contribution in [0.5, 0.6) is 0 Å². The maximum Gasteiger partial charge on any atom is 0.416 e. The van der Waals surface area contributed by atoms with Crippen molar-refractivity contribution in [3.8, 4) is 0 Å². The van der Waals surface area contributed by atoms with E-state index in [4.69, 9.17) is 4.74 Å². The smallest absolute Gasteiger partial charge is 0.374 e. The van der Waals surface area contributed by atoms with Gasteiger partial charge in [-0.05, 0) is 48.4 Å². The quantitative estimate of drug-likeness (QED) is 0.730. The molecule has 106 valence electrons. The Morgan fingerprint density at radius 3 is 2.42 bits per heavy atom. The molecule has 0 saturated carbocycles. The van der Waals surface area contributed by atoms with Crippen LogP contribution in [-0.4, -0.2) is 6.61 Å². The molecule has 19 heavy (non-hydrogen) atoms. The number of ether oxygens (including phenoxy) is 1. The Bertz CT molecular complexity index is 432. The molecule has 1 aromatic carbocycles. The third-order valence-electron chi connectivity index (χ3n) is 3.52. The molecule has 1 aliphatic heterocycles. The van der Waals surface area contributed by atoms with Gasteiger partial charge >= 0.3 is 6.18 Å². The Balaban J connectivity index is 2.39. The van der Waals surface area contributed by atoms with E-state index in [0.29, 0.717) is 12.2 Å². The van der Waals surface area contributed by atoms with Crippen LogP contribution in [0.15, 0.2) is 18.2 Å². The Morgan fingerprint density at radius 1 is 1.16 bits per heavy atom. The van der Waals surface area contributed by atoms with Crippen molar-refractivity contribution >= 4 is 0 Å². The van der Waals surface area contributed by atoms with E-state index >= 15 is 0 Å². The molecule has 1 fully saturated rings. The van der Waals surface area contributed by atoms with Gasteiger partial charge < -0.3 is 4.74 Å². The van der Waals surface area contributed by atoms with Crippen LogP contribution in [0.2, 0.25) is 0 Å². The van der Waals surface area contributed by atoms with Crippen molar-refractivity contribution in [3.05, 3.63) is 34.9 Å². The molecule has 0 spiro atoms. The van der Waals surface area contributed by atoms with Gasteiger partial charge in [0.2, 0.25) is 0 Å². The lowest BCUT2D eigenvalue weighted by atomic mass is 9.93. The van der Waals surface area contributed by atoms with Crippen molar-refractivity contribution < 1.29 is 17.9 Å². The Hall–Kier alpha value is -1.03. The van der Waals surface area contributed by atoms with E-state index in [1.807, 2.05) is 19.9 Å². The Morgan fingerprint density at radius 2 is 1.89 bits per heavy atom. The predicted octanol–water partition coefficient (Wildman–Crippen LogP) is 5.07. The molecule has 1 atom stereocenters. The highest BCUT2D eigenvalue weighted by Gasteiger charge is 2.32. The highest BCUT2D eigenvalue weighted by atomic mass is 19.4. The lowest BCUT2D eigenvalue weighted by Gasteiger charge is -2.25. The van der Waals surface area contributed by atoms with Crippen LogP contribution in [0.25, 0.3) is 0 Å². The lowest BCUT2D eigenvalue weighted by molar-refractivity contribution is -0.137. The fraction of sp³-hybridized carbons (Fsp3) is 0.600. The summed E-state index contributed by atoms with van der Waals surface area (Å²) in [7, 11) is 0. The number of benzene rings is 1. The summed E-state index contributed by atoms with van der Waals surface area (Å²) in [5.74, 6) is 0.0737. The van der Waals surface area contributed by atoms with Crippen molar-refractivity contribution in [2.75, 3.05) is 6.61 Å². The minimum Gasteiger partial charge on any atom is -0.374 e. The summed E-state index contributed by atoms with van der Waals surface area (Å²) in [6, 6.07) is 4.34. The van der Waals surface area contributed by atoms with Gasteiger partial charge in [-0.15, -0.1) is 0 Å². The van der Waals surface area contributed by atoms with Crippen LogP contribution in [0.3, 0.4) is 0 Å². The van der Waals surface area contributed by atoms with Gasteiger partial charge in [0, 0.05) is 6.61 Å². The first kappa shape index (κ1) is 14.4. The zero-order chi connectivity index (χ0) is 14.0. The average molecular weight is 272 g/mol. The monoisotopic (exact) mass is 272 g/mol. The number of hydrogen-bond acceptors (Lipinski definition) is 1. The fourth-order valence-corrected chi connectivity index (χ4v) is 2.36. The van der Waals surface area contributed by atoms with Gasteiger partial charge in [0.05, 0.1) is 11.7 Å². The third-order valence-corrected chi connectivity index (χ3v) is 3.52. The number of halogens is 3. The molecule has 0 aliphatic carbocycles. The van der Waals surface area contributed by atoms with Gasteiger partial charge in [-0.2, -0.15) is 13.2 Å². The highest BCUT2D eigenvalue weighted by molar-refractivity contribution is 5.35. The van der Waals surface area contributed by atoms with E-state index < -0.39 is 11.7 Å². The summed E-state index contributed by atoms with van der Waals surface area (Å²) in [4.78, 5) is 0. The summed E-state index contributed by atoms with van der Waals surface area (Å²) in [6.45, 7) is 4.44. The van der Waals surface area contributed by atoms with Gasteiger partial charge in [-0.3, -0.25) is 0 Å². The van der Waals surface area contributed by atoms with E-state index in [1.54, 1.807) is 0 Å². The SMILES string of the molecule is CC(C)c1cc(C2CCCCO2)cc(C(F)(F)F)c1. The van der Waals surface area contributed by atoms with Gasteiger partial charge in [0.25, 0.3) is 0 Å². The summed E-state index contributed by atoms with van der Waals surface area (Å²) in [5, 5.41) is 0.